The predicted octanol–water partition coefficient (Wildman–Crippen LogP) is 5.61. The maximum absolute atomic E-state index is 12.6. The van der Waals surface area contributed by atoms with Gasteiger partial charge in [0.2, 0.25) is 0 Å². The van der Waals surface area contributed by atoms with Gasteiger partial charge in [-0.3, -0.25) is 4.79 Å². The van der Waals surface area contributed by atoms with Gasteiger partial charge in [0.25, 0.3) is 0 Å². The molecule has 0 radical (unpaired) electrons. The van der Waals surface area contributed by atoms with Gasteiger partial charge in [-0.25, -0.2) is 0 Å². The summed E-state index contributed by atoms with van der Waals surface area (Å²) in [6, 6.07) is 22.9. The smallest absolute Gasteiger partial charge is 0.182 e. The van der Waals surface area contributed by atoms with Crippen LogP contribution in [0.15, 0.2) is 72.8 Å². The van der Waals surface area contributed by atoms with Crippen molar-refractivity contribution in [2.24, 2.45) is 0 Å². The number of alkyl halides is 2. The van der Waals surface area contributed by atoms with Crippen molar-refractivity contribution in [1.82, 2.24) is 0 Å². The molecule has 110 valence electrons. The SMILES string of the molecule is O=C(c1ccc2ccccc2c1)[C@H](Cl)[C@@H](Cl)c1ccccc1. The van der Waals surface area contributed by atoms with Gasteiger partial charge in [0.15, 0.2) is 5.78 Å². The summed E-state index contributed by atoms with van der Waals surface area (Å²) in [5, 5.41) is 0.755. The number of hydrogen-bond acceptors (Lipinski definition) is 1. The Kier molecular flexibility index (Phi) is 4.47. The molecule has 3 aromatic rings. The Morgan fingerprint density at radius 2 is 1.41 bits per heavy atom. The normalized spacial score (nSPS) is 13.7. The van der Waals surface area contributed by atoms with E-state index in [1.54, 1.807) is 6.07 Å². The molecule has 0 amide bonds. The van der Waals surface area contributed by atoms with Gasteiger partial charge in [-0.1, -0.05) is 66.7 Å². The second kappa shape index (κ2) is 6.51. The second-order valence-electron chi connectivity index (χ2n) is 5.14. The van der Waals surface area contributed by atoms with Crippen LogP contribution in [0.5, 0.6) is 0 Å². The molecule has 0 saturated carbocycles. The summed E-state index contributed by atoms with van der Waals surface area (Å²) < 4.78 is 0. The Balaban J connectivity index is 1.88. The number of hydrogen-bond donors (Lipinski definition) is 0. The van der Waals surface area contributed by atoms with Gasteiger partial charge in [-0.15, -0.1) is 23.2 Å². The van der Waals surface area contributed by atoms with Crippen molar-refractivity contribution < 1.29 is 4.79 Å². The molecule has 0 bridgehead atoms. The number of Topliss-reactive ketones (excluding diaryl/α,β-unsaturated/α-hetero) is 1. The van der Waals surface area contributed by atoms with Crippen LogP contribution in [0, 0.1) is 0 Å². The molecular weight excluding hydrogens is 315 g/mol. The molecule has 3 aromatic carbocycles. The summed E-state index contributed by atoms with van der Waals surface area (Å²) in [6.45, 7) is 0. The highest BCUT2D eigenvalue weighted by Crippen LogP contribution is 2.30. The van der Waals surface area contributed by atoms with Gasteiger partial charge < -0.3 is 0 Å². The standard InChI is InChI=1S/C19H14Cl2O/c20-17(14-7-2-1-3-8-14)18(21)19(22)16-11-10-13-6-4-5-9-15(13)12-16/h1-12,17-18H/t17-,18+/m0/s1. The van der Waals surface area contributed by atoms with Gasteiger partial charge in [0, 0.05) is 5.56 Å². The van der Waals surface area contributed by atoms with Crippen molar-refractivity contribution in [1.29, 1.82) is 0 Å². The lowest BCUT2D eigenvalue weighted by atomic mass is 9.99. The minimum Gasteiger partial charge on any atom is -0.292 e. The summed E-state index contributed by atoms with van der Waals surface area (Å²) in [7, 11) is 0. The Hall–Kier alpha value is -1.83. The molecule has 0 heterocycles. The van der Waals surface area contributed by atoms with E-state index in [0.717, 1.165) is 16.3 Å². The molecule has 1 nitrogen and oxygen atoms in total. The number of ketones is 1. The van der Waals surface area contributed by atoms with E-state index in [9.17, 15) is 4.79 Å². The largest absolute Gasteiger partial charge is 0.292 e. The zero-order chi connectivity index (χ0) is 15.5. The fourth-order valence-electron chi connectivity index (χ4n) is 2.44. The van der Waals surface area contributed by atoms with Crippen LogP contribution >= 0.6 is 23.2 Å². The Morgan fingerprint density at radius 3 is 2.14 bits per heavy atom. The third-order valence-electron chi connectivity index (χ3n) is 3.66. The van der Waals surface area contributed by atoms with Crippen LogP contribution in [0.1, 0.15) is 21.3 Å². The molecule has 0 fully saturated rings. The lowest BCUT2D eigenvalue weighted by molar-refractivity contribution is 0.0985. The van der Waals surface area contributed by atoms with Crippen molar-refractivity contribution in [3.63, 3.8) is 0 Å². The van der Waals surface area contributed by atoms with E-state index in [0.29, 0.717) is 5.56 Å². The number of benzene rings is 3. The fourth-order valence-corrected chi connectivity index (χ4v) is 2.97. The van der Waals surface area contributed by atoms with Crippen molar-refractivity contribution in [3.8, 4) is 0 Å². The number of fused-ring (bicyclic) bond motifs is 1. The van der Waals surface area contributed by atoms with Crippen LogP contribution < -0.4 is 0 Å². The van der Waals surface area contributed by atoms with E-state index < -0.39 is 10.8 Å². The van der Waals surface area contributed by atoms with E-state index in [1.165, 1.54) is 0 Å². The molecule has 0 aliphatic heterocycles. The highest BCUT2D eigenvalue weighted by atomic mass is 35.5. The molecular formula is C19H14Cl2O. The second-order valence-corrected chi connectivity index (χ2v) is 6.08. The summed E-state index contributed by atoms with van der Waals surface area (Å²) >= 11 is 12.7. The third kappa shape index (κ3) is 3.01. The van der Waals surface area contributed by atoms with Crippen LogP contribution in [0.2, 0.25) is 0 Å². The predicted molar refractivity (Wildman–Crippen MR) is 93.0 cm³/mol. The van der Waals surface area contributed by atoms with Crippen molar-refractivity contribution in [3.05, 3.63) is 83.9 Å². The van der Waals surface area contributed by atoms with E-state index in [-0.39, 0.29) is 5.78 Å². The molecule has 3 heteroatoms. The first-order chi connectivity index (χ1) is 10.7. The molecule has 0 aliphatic carbocycles. The van der Waals surface area contributed by atoms with Gasteiger partial charge in [-0.05, 0) is 22.4 Å². The summed E-state index contributed by atoms with van der Waals surface area (Å²) in [5.74, 6) is -0.156. The maximum atomic E-state index is 12.6. The monoisotopic (exact) mass is 328 g/mol. The Labute approximate surface area is 139 Å². The first-order valence-electron chi connectivity index (χ1n) is 7.03. The lowest BCUT2D eigenvalue weighted by Crippen LogP contribution is -2.20. The average Bonchev–Trinajstić information content (AvgIpc) is 2.60. The topological polar surface area (TPSA) is 17.1 Å². The van der Waals surface area contributed by atoms with Gasteiger partial charge >= 0.3 is 0 Å². The quantitative estimate of drug-likeness (QED) is 0.449. The zero-order valence-electron chi connectivity index (χ0n) is 11.7. The lowest BCUT2D eigenvalue weighted by Gasteiger charge is -2.15. The average molecular weight is 329 g/mol. The van der Waals surface area contributed by atoms with Crippen LogP contribution in [0.25, 0.3) is 10.8 Å². The first-order valence-corrected chi connectivity index (χ1v) is 7.90. The molecule has 0 unspecified atom stereocenters. The molecule has 3 rings (SSSR count). The van der Waals surface area contributed by atoms with Crippen molar-refractivity contribution in [2.75, 3.05) is 0 Å². The molecule has 22 heavy (non-hydrogen) atoms. The van der Waals surface area contributed by atoms with Crippen LogP contribution in [0.4, 0.5) is 0 Å². The highest BCUT2D eigenvalue weighted by Gasteiger charge is 2.26. The minimum atomic E-state index is -0.801. The molecule has 0 aromatic heterocycles. The molecule has 0 spiro atoms. The van der Waals surface area contributed by atoms with Gasteiger partial charge in [0.1, 0.15) is 5.38 Å². The fraction of sp³-hybridized carbons (Fsp3) is 0.105. The first kappa shape index (κ1) is 15.1. The highest BCUT2D eigenvalue weighted by molar-refractivity contribution is 6.39. The number of rotatable bonds is 4. The van der Waals surface area contributed by atoms with E-state index in [1.807, 2.05) is 66.7 Å². The van der Waals surface area contributed by atoms with Crippen LogP contribution in [-0.2, 0) is 0 Å². The molecule has 0 saturated heterocycles. The summed E-state index contributed by atoms with van der Waals surface area (Å²) in [6.07, 6.45) is 0. The maximum Gasteiger partial charge on any atom is 0.182 e. The number of halogens is 2. The van der Waals surface area contributed by atoms with Gasteiger partial charge in [-0.2, -0.15) is 0 Å². The minimum absolute atomic E-state index is 0.156. The van der Waals surface area contributed by atoms with Crippen LogP contribution in [0.3, 0.4) is 0 Å². The van der Waals surface area contributed by atoms with E-state index >= 15 is 0 Å². The summed E-state index contributed by atoms with van der Waals surface area (Å²) in [5.41, 5.74) is 1.43. The molecule has 0 aliphatic rings. The van der Waals surface area contributed by atoms with E-state index in [4.69, 9.17) is 23.2 Å². The van der Waals surface area contributed by atoms with Crippen molar-refractivity contribution >= 4 is 39.8 Å². The number of carbonyl (C=O) groups excluding carboxylic acids is 1. The van der Waals surface area contributed by atoms with E-state index in [2.05, 4.69) is 0 Å². The molecule has 2 atom stereocenters. The van der Waals surface area contributed by atoms with Crippen molar-refractivity contribution in [2.45, 2.75) is 10.8 Å². The zero-order valence-corrected chi connectivity index (χ0v) is 13.3. The Bertz CT molecular complexity index is 799. The van der Waals surface area contributed by atoms with Crippen LogP contribution in [-0.4, -0.2) is 11.2 Å². The molecule has 0 N–H and O–H groups in total. The number of carbonyl (C=O) groups is 1. The van der Waals surface area contributed by atoms with Gasteiger partial charge in [0.05, 0.1) is 5.38 Å². The summed E-state index contributed by atoms with van der Waals surface area (Å²) in [4.78, 5) is 12.6. The Morgan fingerprint density at radius 1 is 0.773 bits per heavy atom. The third-order valence-corrected chi connectivity index (χ3v) is 4.74.